The van der Waals surface area contributed by atoms with Crippen LogP contribution in [0.15, 0.2) is 28.6 Å². The van der Waals surface area contributed by atoms with Gasteiger partial charge in [0.25, 0.3) is 10.0 Å². The van der Waals surface area contributed by atoms with Crippen LogP contribution < -0.4 is 10.0 Å². The Bertz CT molecular complexity index is 974. The van der Waals surface area contributed by atoms with Crippen LogP contribution in [0.4, 0.5) is 19.6 Å². The topological polar surface area (TPSA) is 74.3 Å². The Morgan fingerprint density at radius 2 is 2.25 bits per heavy atom. The molecule has 4 rings (SSSR count). The molecule has 2 aliphatic heterocycles. The van der Waals surface area contributed by atoms with Gasteiger partial charge in [0.05, 0.1) is 5.69 Å². The van der Waals surface area contributed by atoms with Gasteiger partial charge in [-0.2, -0.15) is 0 Å². The molecular formula is C17H19ClF2N4O2S2. The van der Waals surface area contributed by atoms with E-state index in [0.29, 0.717) is 19.5 Å². The van der Waals surface area contributed by atoms with Crippen LogP contribution in [0.5, 0.6) is 0 Å². The van der Waals surface area contributed by atoms with E-state index in [-0.39, 0.29) is 21.4 Å². The van der Waals surface area contributed by atoms with Gasteiger partial charge in [0.2, 0.25) is 0 Å². The largest absolute Gasteiger partial charge is 0.382 e. The van der Waals surface area contributed by atoms with Crippen molar-refractivity contribution in [1.82, 2.24) is 9.88 Å². The van der Waals surface area contributed by atoms with Crippen LogP contribution in [0.2, 0.25) is 5.02 Å². The Kier molecular flexibility index (Phi) is 5.24. The lowest BCUT2D eigenvalue weighted by Gasteiger charge is -2.32. The van der Waals surface area contributed by atoms with Crippen molar-refractivity contribution in [2.75, 3.05) is 29.7 Å². The van der Waals surface area contributed by atoms with Crippen molar-refractivity contribution in [3.05, 3.63) is 34.5 Å². The molecule has 152 valence electrons. The number of halogens is 3. The second-order valence-electron chi connectivity index (χ2n) is 7.11. The van der Waals surface area contributed by atoms with E-state index < -0.39 is 26.9 Å². The van der Waals surface area contributed by atoms with Crippen molar-refractivity contribution in [2.24, 2.45) is 0 Å². The van der Waals surface area contributed by atoms with Crippen LogP contribution in [0, 0.1) is 5.82 Å². The molecule has 2 fully saturated rings. The number of hydrogen-bond donors (Lipinski definition) is 2. The van der Waals surface area contributed by atoms with Gasteiger partial charge in [0.1, 0.15) is 16.1 Å². The molecule has 0 saturated carbocycles. The zero-order valence-corrected chi connectivity index (χ0v) is 17.2. The van der Waals surface area contributed by atoms with E-state index in [1.165, 1.54) is 12.3 Å². The number of sulfonamides is 1. The number of thiazole rings is 1. The number of alkyl halides is 1. The number of benzene rings is 1. The Balaban J connectivity index is 1.53. The van der Waals surface area contributed by atoms with Crippen molar-refractivity contribution < 1.29 is 17.2 Å². The van der Waals surface area contributed by atoms with Crippen molar-refractivity contribution >= 4 is 43.8 Å². The summed E-state index contributed by atoms with van der Waals surface area (Å²) in [5.41, 5.74) is -0.00740. The summed E-state index contributed by atoms with van der Waals surface area (Å²) in [5.74, 6) is -1.04. The Morgan fingerprint density at radius 1 is 1.43 bits per heavy atom. The zero-order valence-electron chi connectivity index (χ0n) is 14.8. The van der Waals surface area contributed by atoms with Gasteiger partial charge in [-0.25, -0.2) is 22.2 Å². The lowest BCUT2D eigenvalue weighted by atomic mass is 9.93. The van der Waals surface area contributed by atoms with Crippen molar-refractivity contribution in [2.45, 2.75) is 35.9 Å². The standard InChI is InChI=1S/C17H19ClF2N4O2S2/c18-14-12(22-10-17-4-1-6-24(17)9-11(19)8-17)2-3-13(15(14)20)28(25,26)23-16-21-5-7-27-16/h2-3,5,7,11,22H,1,4,6,8-10H2,(H,21,23)/t11-,17+/m0/s1. The highest BCUT2D eigenvalue weighted by Crippen LogP contribution is 2.41. The molecule has 3 heterocycles. The second-order valence-corrected chi connectivity index (χ2v) is 10.0. The number of fused-ring (bicyclic) bond motifs is 1. The van der Waals surface area contributed by atoms with Gasteiger partial charge >= 0.3 is 0 Å². The third-order valence-electron chi connectivity index (χ3n) is 5.36. The van der Waals surface area contributed by atoms with Crippen molar-refractivity contribution in [3.8, 4) is 0 Å². The van der Waals surface area contributed by atoms with Crippen molar-refractivity contribution in [3.63, 3.8) is 0 Å². The molecule has 1 aromatic heterocycles. The number of nitrogens with zero attached hydrogens (tertiary/aromatic N) is 2. The fourth-order valence-electron chi connectivity index (χ4n) is 4.08. The van der Waals surface area contributed by atoms with Gasteiger partial charge in [-0.1, -0.05) is 11.6 Å². The molecule has 0 bridgehead atoms. The van der Waals surface area contributed by atoms with E-state index in [2.05, 4.69) is 19.9 Å². The van der Waals surface area contributed by atoms with Crippen LogP contribution in [0.3, 0.4) is 0 Å². The van der Waals surface area contributed by atoms with Crippen LogP contribution in [0.1, 0.15) is 19.3 Å². The minimum absolute atomic E-state index is 0.139. The molecule has 0 aliphatic carbocycles. The summed E-state index contributed by atoms with van der Waals surface area (Å²) in [7, 11) is -4.15. The van der Waals surface area contributed by atoms with Gasteiger partial charge < -0.3 is 5.32 Å². The van der Waals surface area contributed by atoms with Crippen LogP contribution >= 0.6 is 22.9 Å². The fourth-order valence-corrected chi connectivity index (χ4v) is 6.24. The highest BCUT2D eigenvalue weighted by molar-refractivity contribution is 7.93. The first-order chi connectivity index (χ1) is 13.3. The number of nitrogens with one attached hydrogen (secondary N) is 2. The first-order valence-corrected chi connectivity index (χ1v) is 11.6. The molecule has 0 radical (unpaired) electrons. The van der Waals surface area contributed by atoms with E-state index in [1.807, 2.05) is 0 Å². The van der Waals surface area contributed by atoms with E-state index in [0.717, 1.165) is 36.8 Å². The first kappa shape index (κ1) is 19.8. The molecule has 28 heavy (non-hydrogen) atoms. The van der Waals surface area contributed by atoms with Gasteiger partial charge in [-0.05, 0) is 37.9 Å². The van der Waals surface area contributed by atoms with Crippen LogP contribution in [-0.2, 0) is 10.0 Å². The van der Waals surface area contributed by atoms with E-state index in [9.17, 15) is 17.2 Å². The smallest absolute Gasteiger partial charge is 0.266 e. The summed E-state index contributed by atoms with van der Waals surface area (Å²) in [6, 6.07) is 2.59. The summed E-state index contributed by atoms with van der Waals surface area (Å²) in [6.07, 6.45) is 2.87. The molecular weight excluding hydrogens is 430 g/mol. The minimum Gasteiger partial charge on any atom is -0.382 e. The maximum absolute atomic E-state index is 14.7. The van der Waals surface area contributed by atoms with Gasteiger partial charge in [-0.15, -0.1) is 11.3 Å². The van der Waals surface area contributed by atoms with Gasteiger partial charge in [0.15, 0.2) is 10.9 Å². The summed E-state index contributed by atoms with van der Waals surface area (Å²) in [4.78, 5) is 5.41. The third-order valence-corrected chi connectivity index (χ3v) is 7.90. The maximum Gasteiger partial charge on any atom is 0.266 e. The number of anilines is 2. The molecule has 0 unspecified atom stereocenters. The predicted molar refractivity (Wildman–Crippen MR) is 106 cm³/mol. The van der Waals surface area contributed by atoms with Gasteiger partial charge in [0, 0.05) is 30.2 Å². The predicted octanol–water partition coefficient (Wildman–Crippen LogP) is 3.72. The van der Waals surface area contributed by atoms with Crippen LogP contribution in [-0.4, -0.2) is 49.6 Å². The Morgan fingerprint density at radius 3 is 3.00 bits per heavy atom. The molecule has 2 atom stereocenters. The Hall–Kier alpha value is -1.49. The normalized spacial score (nSPS) is 25.0. The molecule has 11 heteroatoms. The third kappa shape index (κ3) is 3.58. The van der Waals surface area contributed by atoms with E-state index in [4.69, 9.17) is 11.6 Å². The minimum atomic E-state index is -4.15. The average Bonchev–Trinajstić information content (AvgIpc) is 3.32. The summed E-state index contributed by atoms with van der Waals surface area (Å²) < 4.78 is 55.7. The summed E-state index contributed by atoms with van der Waals surface area (Å²) >= 11 is 7.19. The van der Waals surface area contributed by atoms with E-state index >= 15 is 0 Å². The van der Waals surface area contributed by atoms with Gasteiger partial charge in [-0.3, -0.25) is 9.62 Å². The van der Waals surface area contributed by atoms with Crippen molar-refractivity contribution in [1.29, 1.82) is 0 Å². The molecule has 2 N–H and O–H groups in total. The highest BCUT2D eigenvalue weighted by Gasteiger charge is 2.48. The quantitative estimate of drug-likeness (QED) is 0.704. The number of rotatable bonds is 6. The summed E-state index contributed by atoms with van der Waals surface area (Å²) in [6.45, 7) is 1.70. The highest BCUT2D eigenvalue weighted by atomic mass is 35.5. The second kappa shape index (κ2) is 7.40. The fraction of sp³-hybridized carbons (Fsp3) is 0.471. The Labute approximate surface area is 171 Å². The monoisotopic (exact) mass is 448 g/mol. The van der Waals surface area contributed by atoms with Crippen LogP contribution in [0.25, 0.3) is 0 Å². The molecule has 6 nitrogen and oxygen atoms in total. The lowest BCUT2D eigenvalue weighted by Crippen LogP contribution is -2.44. The maximum atomic E-state index is 14.7. The zero-order chi connectivity index (χ0) is 19.9. The molecule has 2 saturated heterocycles. The SMILES string of the molecule is O=S(=O)(Nc1nccs1)c1ccc(NC[C@]23CCCN2C[C@@H](F)C3)c(Cl)c1F. The molecule has 1 aromatic carbocycles. The molecule has 2 aromatic rings. The first-order valence-electron chi connectivity index (χ1n) is 8.84. The average molecular weight is 449 g/mol. The summed E-state index contributed by atoms with van der Waals surface area (Å²) in [5, 5.41) is 4.53. The molecule has 2 aliphatic rings. The lowest BCUT2D eigenvalue weighted by molar-refractivity contribution is 0.209. The van der Waals surface area contributed by atoms with E-state index in [1.54, 1.807) is 5.38 Å². The molecule has 0 amide bonds. The number of hydrogen-bond acceptors (Lipinski definition) is 6. The molecule has 0 spiro atoms. The number of aromatic nitrogens is 1.